The van der Waals surface area contributed by atoms with Gasteiger partial charge in [0.1, 0.15) is 18.4 Å². The van der Waals surface area contributed by atoms with Gasteiger partial charge in [-0.05, 0) is 37.1 Å². The number of nitriles is 1. The standard InChI is InChI=1S/C20H18N2O4/c1-13(19(23)22-17-8-4-2-7-15(17)11-21)26-20(24)16-10-14-6-3-5-9-18(14)25-12-16/h2-9,13,16H,10,12H2,1H3,(H,22,23)/t13-,16+/m0/s1. The van der Waals surface area contributed by atoms with Gasteiger partial charge < -0.3 is 14.8 Å². The number of ether oxygens (including phenoxy) is 2. The second-order valence-corrected chi connectivity index (χ2v) is 6.05. The lowest BCUT2D eigenvalue weighted by Gasteiger charge is -2.25. The molecule has 0 unspecified atom stereocenters. The first kappa shape index (κ1) is 17.5. The molecule has 3 rings (SSSR count). The van der Waals surface area contributed by atoms with E-state index in [2.05, 4.69) is 5.32 Å². The molecule has 0 aromatic heterocycles. The molecule has 1 heterocycles. The molecule has 0 fully saturated rings. The molecule has 2 aromatic carbocycles. The van der Waals surface area contributed by atoms with Crippen LogP contribution in [0.5, 0.6) is 5.75 Å². The van der Waals surface area contributed by atoms with Crippen LogP contribution in [0.1, 0.15) is 18.1 Å². The number of fused-ring (bicyclic) bond motifs is 1. The van der Waals surface area contributed by atoms with Gasteiger partial charge in [0.15, 0.2) is 6.10 Å². The van der Waals surface area contributed by atoms with Crippen LogP contribution >= 0.6 is 0 Å². The molecule has 2 atom stereocenters. The van der Waals surface area contributed by atoms with E-state index in [9.17, 15) is 9.59 Å². The molecule has 132 valence electrons. The molecule has 0 saturated carbocycles. The van der Waals surface area contributed by atoms with Gasteiger partial charge >= 0.3 is 5.97 Å². The zero-order valence-electron chi connectivity index (χ0n) is 14.3. The number of carbonyl (C=O) groups excluding carboxylic acids is 2. The van der Waals surface area contributed by atoms with Crippen LogP contribution in [0.25, 0.3) is 0 Å². The summed E-state index contributed by atoms with van der Waals surface area (Å²) in [6.07, 6.45) is -0.466. The highest BCUT2D eigenvalue weighted by molar-refractivity contribution is 5.96. The fraction of sp³-hybridized carbons (Fsp3) is 0.250. The average Bonchev–Trinajstić information content (AvgIpc) is 2.67. The first-order valence-corrected chi connectivity index (χ1v) is 8.29. The molecule has 0 spiro atoms. The van der Waals surface area contributed by atoms with Gasteiger partial charge in [-0.25, -0.2) is 0 Å². The summed E-state index contributed by atoms with van der Waals surface area (Å²) in [5.41, 5.74) is 1.68. The van der Waals surface area contributed by atoms with Gasteiger partial charge in [-0.2, -0.15) is 5.26 Å². The maximum Gasteiger partial charge on any atom is 0.313 e. The smallest absolute Gasteiger partial charge is 0.313 e. The lowest BCUT2D eigenvalue weighted by molar-refractivity contribution is -0.158. The first-order valence-electron chi connectivity index (χ1n) is 8.29. The van der Waals surface area contributed by atoms with Crippen LogP contribution in [0.3, 0.4) is 0 Å². The van der Waals surface area contributed by atoms with Gasteiger partial charge in [0.2, 0.25) is 0 Å². The van der Waals surface area contributed by atoms with E-state index in [1.54, 1.807) is 24.3 Å². The van der Waals surface area contributed by atoms with Gasteiger partial charge in [0.25, 0.3) is 5.91 Å². The molecule has 0 saturated heterocycles. The van der Waals surface area contributed by atoms with Gasteiger partial charge in [-0.1, -0.05) is 30.3 Å². The van der Waals surface area contributed by atoms with Crippen LogP contribution in [0.2, 0.25) is 0 Å². The summed E-state index contributed by atoms with van der Waals surface area (Å²) in [4.78, 5) is 24.6. The minimum absolute atomic E-state index is 0.224. The lowest BCUT2D eigenvalue weighted by Crippen LogP contribution is -2.36. The fourth-order valence-corrected chi connectivity index (χ4v) is 2.73. The van der Waals surface area contributed by atoms with E-state index in [-0.39, 0.29) is 6.61 Å². The summed E-state index contributed by atoms with van der Waals surface area (Å²) in [6, 6.07) is 16.2. The molecule has 1 aliphatic heterocycles. The number of nitrogens with one attached hydrogen (secondary N) is 1. The van der Waals surface area contributed by atoms with Crippen LogP contribution in [0.4, 0.5) is 5.69 Å². The summed E-state index contributed by atoms with van der Waals surface area (Å²) in [5, 5.41) is 11.7. The number of para-hydroxylation sites is 2. The monoisotopic (exact) mass is 350 g/mol. The zero-order valence-corrected chi connectivity index (χ0v) is 14.3. The van der Waals surface area contributed by atoms with Gasteiger partial charge in [0, 0.05) is 0 Å². The minimum atomic E-state index is -0.980. The van der Waals surface area contributed by atoms with Crippen molar-refractivity contribution in [1.29, 1.82) is 5.26 Å². The summed E-state index contributed by atoms with van der Waals surface area (Å²) in [5.74, 6) is -0.643. The van der Waals surface area contributed by atoms with E-state index in [1.807, 2.05) is 30.3 Å². The Labute approximate surface area is 151 Å². The van der Waals surface area contributed by atoms with Crippen LogP contribution in [0.15, 0.2) is 48.5 Å². The second kappa shape index (κ2) is 7.70. The normalized spacial score (nSPS) is 16.4. The van der Waals surface area contributed by atoms with Crippen molar-refractivity contribution in [2.45, 2.75) is 19.4 Å². The van der Waals surface area contributed by atoms with Crippen molar-refractivity contribution >= 4 is 17.6 Å². The molecule has 2 aromatic rings. The van der Waals surface area contributed by atoms with E-state index < -0.39 is 23.9 Å². The molecule has 1 amide bonds. The molecule has 0 aliphatic carbocycles. The number of esters is 1. The van der Waals surface area contributed by atoms with Crippen LogP contribution in [0, 0.1) is 17.2 Å². The molecule has 26 heavy (non-hydrogen) atoms. The number of carbonyl (C=O) groups is 2. The van der Waals surface area contributed by atoms with E-state index in [0.29, 0.717) is 17.7 Å². The number of rotatable bonds is 4. The Bertz CT molecular complexity index is 872. The van der Waals surface area contributed by atoms with E-state index in [0.717, 1.165) is 11.3 Å². The molecular formula is C20H18N2O4. The number of nitrogens with zero attached hydrogens (tertiary/aromatic N) is 1. The summed E-state index contributed by atoms with van der Waals surface area (Å²) >= 11 is 0. The predicted molar refractivity (Wildman–Crippen MR) is 94.5 cm³/mol. The van der Waals surface area contributed by atoms with Crippen molar-refractivity contribution < 1.29 is 19.1 Å². The number of anilines is 1. The van der Waals surface area contributed by atoms with E-state index >= 15 is 0 Å². The molecular weight excluding hydrogens is 332 g/mol. The van der Waals surface area contributed by atoms with Gasteiger partial charge in [0.05, 0.1) is 17.2 Å². The van der Waals surface area contributed by atoms with Crippen molar-refractivity contribution in [2.75, 3.05) is 11.9 Å². The number of hydrogen-bond donors (Lipinski definition) is 1. The van der Waals surface area contributed by atoms with Crippen LogP contribution < -0.4 is 10.1 Å². The summed E-state index contributed by atoms with van der Waals surface area (Å²) in [6.45, 7) is 1.72. The Hall–Kier alpha value is -3.33. The largest absolute Gasteiger partial charge is 0.492 e. The third-order valence-corrected chi connectivity index (χ3v) is 4.18. The Kier molecular flexibility index (Phi) is 5.18. The van der Waals surface area contributed by atoms with Crippen molar-refractivity contribution in [3.05, 3.63) is 59.7 Å². The Balaban J connectivity index is 1.59. The Morgan fingerprint density at radius 1 is 1.23 bits per heavy atom. The number of hydrogen-bond acceptors (Lipinski definition) is 5. The summed E-state index contributed by atoms with van der Waals surface area (Å²) < 4.78 is 10.9. The molecule has 6 heteroatoms. The lowest BCUT2D eigenvalue weighted by atomic mass is 9.97. The van der Waals surface area contributed by atoms with Gasteiger partial charge in [-0.15, -0.1) is 0 Å². The number of benzene rings is 2. The van der Waals surface area contributed by atoms with Crippen molar-refractivity contribution in [3.63, 3.8) is 0 Å². The van der Waals surface area contributed by atoms with Crippen LogP contribution in [-0.4, -0.2) is 24.6 Å². The molecule has 0 radical (unpaired) electrons. The van der Waals surface area contributed by atoms with E-state index in [1.165, 1.54) is 6.92 Å². The number of amides is 1. The SMILES string of the molecule is C[C@H](OC(=O)[C@H]1COc2ccccc2C1)C(=O)Nc1ccccc1C#N. The van der Waals surface area contributed by atoms with Crippen LogP contribution in [-0.2, 0) is 20.7 Å². The van der Waals surface area contributed by atoms with E-state index in [4.69, 9.17) is 14.7 Å². The fourth-order valence-electron chi connectivity index (χ4n) is 2.73. The first-order chi connectivity index (χ1) is 12.6. The molecule has 1 aliphatic rings. The Morgan fingerprint density at radius 3 is 2.77 bits per heavy atom. The average molecular weight is 350 g/mol. The maximum atomic E-state index is 12.4. The van der Waals surface area contributed by atoms with Crippen molar-refractivity contribution in [1.82, 2.24) is 0 Å². The topological polar surface area (TPSA) is 88.4 Å². The molecule has 1 N–H and O–H groups in total. The summed E-state index contributed by atoms with van der Waals surface area (Å²) in [7, 11) is 0. The highest BCUT2D eigenvalue weighted by Crippen LogP contribution is 2.27. The highest BCUT2D eigenvalue weighted by Gasteiger charge is 2.29. The molecule has 6 nitrogen and oxygen atoms in total. The predicted octanol–water partition coefficient (Wildman–Crippen LogP) is 2.68. The zero-order chi connectivity index (χ0) is 18.5. The quantitative estimate of drug-likeness (QED) is 0.857. The Morgan fingerprint density at radius 2 is 1.96 bits per heavy atom. The van der Waals surface area contributed by atoms with Crippen molar-refractivity contribution in [2.24, 2.45) is 5.92 Å². The third-order valence-electron chi connectivity index (χ3n) is 4.18. The maximum absolute atomic E-state index is 12.4. The minimum Gasteiger partial charge on any atom is -0.492 e. The molecule has 0 bridgehead atoms. The highest BCUT2D eigenvalue weighted by atomic mass is 16.6. The second-order valence-electron chi connectivity index (χ2n) is 6.05. The third kappa shape index (κ3) is 3.83. The van der Waals surface area contributed by atoms with Gasteiger partial charge in [-0.3, -0.25) is 9.59 Å². The van der Waals surface area contributed by atoms with Crippen molar-refractivity contribution in [3.8, 4) is 11.8 Å².